The van der Waals surface area contributed by atoms with Crippen LogP contribution >= 0.6 is 0 Å². The van der Waals surface area contributed by atoms with Crippen molar-refractivity contribution in [2.75, 3.05) is 41.0 Å². The van der Waals surface area contributed by atoms with Crippen molar-refractivity contribution in [1.82, 2.24) is 0 Å². The minimum Gasteiger partial charge on any atom is -0.544 e. The highest BCUT2D eigenvalue weighted by Crippen LogP contribution is 2.14. The molecule has 0 N–H and O–H groups in total. The number of rotatable bonds is 42. The van der Waals surface area contributed by atoms with Crippen LogP contribution < -0.4 is 5.11 Å². The molecule has 2 unspecified atom stereocenters. The van der Waals surface area contributed by atoms with E-state index in [2.05, 4.69) is 50.3 Å². The van der Waals surface area contributed by atoms with Gasteiger partial charge in [0.05, 0.1) is 40.3 Å². The predicted octanol–water partition coefficient (Wildman–Crippen LogP) is 11.7. The molecule has 0 saturated heterocycles. The van der Waals surface area contributed by atoms with Crippen LogP contribution in [0.25, 0.3) is 0 Å². The second kappa shape index (κ2) is 40.3. The van der Waals surface area contributed by atoms with Crippen LogP contribution in [0.2, 0.25) is 0 Å². The Morgan fingerprint density at radius 3 is 1.44 bits per heavy atom. The Hall–Kier alpha value is -2.45. The molecule has 0 aliphatic carbocycles. The van der Waals surface area contributed by atoms with Crippen molar-refractivity contribution in [3.63, 3.8) is 0 Å². The number of carboxylic acids is 1. The van der Waals surface area contributed by atoms with Crippen LogP contribution in [0.15, 0.2) is 36.5 Å². The third-order valence-corrected chi connectivity index (χ3v) is 10.5. The fourth-order valence-electron chi connectivity index (χ4n) is 6.81. The average Bonchev–Trinajstić information content (AvgIpc) is 3.17. The summed E-state index contributed by atoms with van der Waals surface area (Å²) in [5, 5.41) is 11.6. The lowest BCUT2D eigenvalue weighted by molar-refractivity contribution is -0.889. The van der Waals surface area contributed by atoms with E-state index in [9.17, 15) is 19.5 Å². The molecule has 8 nitrogen and oxygen atoms in total. The first-order chi connectivity index (χ1) is 27.6. The van der Waals surface area contributed by atoms with Gasteiger partial charge in [0.15, 0.2) is 6.10 Å². The lowest BCUT2D eigenvalue weighted by Crippen LogP contribution is -2.55. The Morgan fingerprint density at radius 2 is 0.947 bits per heavy atom. The average molecular weight is 804 g/mol. The molecule has 0 heterocycles. The van der Waals surface area contributed by atoms with Crippen LogP contribution in [0.3, 0.4) is 0 Å². The largest absolute Gasteiger partial charge is 0.544 e. The number of likely N-dealkylation sites (N-methyl/N-ethyl adjacent to an activating group) is 1. The molecule has 0 radical (unpaired) electrons. The van der Waals surface area contributed by atoms with Crippen molar-refractivity contribution in [2.24, 2.45) is 0 Å². The lowest BCUT2D eigenvalue weighted by Gasteiger charge is -2.34. The number of quaternary nitrogens is 1. The molecule has 2 atom stereocenters. The van der Waals surface area contributed by atoms with E-state index in [-0.39, 0.29) is 49.1 Å². The maximum absolute atomic E-state index is 12.7. The Kier molecular flexibility index (Phi) is 38.6. The summed E-state index contributed by atoms with van der Waals surface area (Å²) in [4.78, 5) is 36.8. The van der Waals surface area contributed by atoms with Gasteiger partial charge >= 0.3 is 11.9 Å². The molecule has 0 amide bonds. The molecule has 0 aromatic rings. The number of ether oxygens (including phenoxy) is 3. The molecule has 0 saturated carbocycles. The third-order valence-electron chi connectivity index (χ3n) is 10.5. The molecule has 0 rings (SSSR count). The van der Waals surface area contributed by atoms with Gasteiger partial charge in [0.1, 0.15) is 12.6 Å². The van der Waals surface area contributed by atoms with Crippen LogP contribution in [-0.2, 0) is 28.6 Å². The molecule has 0 spiro atoms. The molecular formula is C49H89NO7. The normalized spacial score (nSPS) is 13.2. The molecule has 0 bridgehead atoms. The van der Waals surface area contributed by atoms with Crippen LogP contribution in [0.5, 0.6) is 0 Å². The number of aliphatic carboxylic acids is 1. The van der Waals surface area contributed by atoms with E-state index in [1.54, 1.807) is 21.1 Å². The summed E-state index contributed by atoms with van der Waals surface area (Å²) in [6.07, 6.45) is 46.1. The highest BCUT2D eigenvalue weighted by Gasteiger charge is 2.25. The fourth-order valence-corrected chi connectivity index (χ4v) is 6.81. The van der Waals surface area contributed by atoms with Gasteiger partial charge in [0.25, 0.3) is 0 Å². The third kappa shape index (κ3) is 38.8. The fraction of sp³-hybridized carbons (Fsp3) is 0.816. The summed E-state index contributed by atoms with van der Waals surface area (Å²) < 4.78 is 17.1. The number of unbranched alkanes of at least 4 members (excludes halogenated alkanes) is 23. The van der Waals surface area contributed by atoms with E-state index >= 15 is 0 Å². The summed E-state index contributed by atoms with van der Waals surface area (Å²) in [6.45, 7) is 4.59. The molecule has 0 aliphatic rings. The van der Waals surface area contributed by atoms with Crippen molar-refractivity contribution in [1.29, 1.82) is 0 Å². The Labute approximate surface area is 351 Å². The molecule has 0 aliphatic heterocycles. The van der Waals surface area contributed by atoms with E-state index in [0.29, 0.717) is 6.42 Å². The number of carbonyl (C=O) groups is 3. The highest BCUT2D eigenvalue weighted by atomic mass is 16.6. The van der Waals surface area contributed by atoms with E-state index < -0.39 is 18.1 Å². The molecule has 332 valence electrons. The number of carboxylic acid groups (broad SMARTS) is 1. The van der Waals surface area contributed by atoms with Crippen molar-refractivity contribution in [3.05, 3.63) is 36.5 Å². The van der Waals surface area contributed by atoms with Crippen molar-refractivity contribution >= 4 is 17.9 Å². The van der Waals surface area contributed by atoms with Crippen LogP contribution in [0, 0.1) is 0 Å². The van der Waals surface area contributed by atoms with E-state index in [0.717, 1.165) is 51.4 Å². The lowest BCUT2D eigenvalue weighted by atomic mass is 10.0. The molecule has 0 fully saturated rings. The molecular weight excluding hydrogens is 715 g/mol. The number of carbonyl (C=O) groups excluding carboxylic acids is 3. The second-order valence-corrected chi connectivity index (χ2v) is 17.0. The van der Waals surface area contributed by atoms with Crippen LogP contribution in [-0.4, -0.2) is 75.5 Å². The van der Waals surface area contributed by atoms with Gasteiger partial charge in [-0.3, -0.25) is 9.59 Å². The number of hydrogen-bond donors (Lipinski definition) is 0. The van der Waals surface area contributed by atoms with Crippen molar-refractivity contribution < 1.29 is 38.2 Å². The SMILES string of the molecule is CCCC/C=C/C=C/CCCCCC(=O)OC(COCCC(C(=O)[O-])[N+](C)(C)C)COC(=O)CCCCCCCCC/C=C/CCCCCCCCCCCCC. The van der Waals surface area contributed by atoms with Gasteiger partial charge in [-0.25, -0.2) is 0 Å². The van der Waals surface area contributed by atoms with E-state index in [1.807, 2.05) is 0 Å². The number of nitrogens with zero attached hydrogens (tertiary/aromatic N) is 1. The number of hydrogen-bond acceptors (Lipinski definition) is 7. The van der Waals surface area contributed by atoms with Gasteiger partial charge in [-0.05, 0) is 57.8 Å². The Morgan fingerprint density at radius 1 is 0.526 bits per heavy atom. The maximum atomic E-state index is 12.7. The smallest absolute Gasteiger partial charge is 0.306 e. The van der Waals surface area contributed by atoms with E-state index in [1.165, 1.54) is 122 Å². The molecule has 0 aromatic heterocycles. The standard InChI is InChI=1S/C49H89NO7/c1-6-8-10-12-14-16-18-19-20-21-22-23-24-25-26-27-28-30-31-33-35-37-39-47(51)56-44-45(43-55-42-41-46(49(53)54)50(3,4)5)57-48(52)40-38-36-34-32-29-17-15-13-11-9-7-2/h13,15,17,24-25,29,45-46H,6-12,14,16,18-23,26-28,30-44H2,1-5H3/b15-13+,25-24+,29-17+. The zero-order chi connectivity index (χ0) is 42.1. The topological polar surface area (TPSA) is 102 Å². The molecule has 0 aromatic carbocycles. The summed E-state index contributed by atoms with van der Waals surface area (Å²) in [7, 11) is 5.40. The Balaban J connectivity index is 4.22. The van der Waals surface area contributed by atoms with Gasteiger partial charge < -0.3 is 28.6 Å². The minimum atomic E-state index is -1.13. The highest BCUT2D eigenvalue weighted by molar-refractivity contribution is 5.70. The second-order valence-electron chi connectivity index (χ2n) is 17.0. The van der Waals surface area contributed by atoms with E-state index in [4.69, 9.17) is 14.2 Å². The minimum absolute atomic E-state index is 0.0295. The molecule has 8 heteroatoms. The first-order valence-electron chi connectivity index (χ1n) is 23.5. The maximum Gasteiger partial charge on any atom is 0.306 e. The quantitative estimate of drug-likeness (QED) is 0.0199. The summed E-state index contributed by atoms with van der Waals surface area (Å²) >= 11 is 0. The summed E-state index contributed by atoms with van der Waals surface area (Å²) in [5.74, 6) is -1.77. The first kappa shape index (κ1) is 54.6. The van der Waals surface area contributed by atoms with Gasteiger partial charge in [-0.15, -0.1) is 0 Å². The first-order valence-corrected chi connectivity index (χ1v) is 23.5. The van der Waals surface area contributed by atoms with Gasteiger partial charge in [0.2, 0.25) is 0 Å². The van der Waals surface area contributed by atoms with Crippen molar-refractivity contribution in [2.45, 2.75) is 219 Å². The monoisotopic (exact) mass is 804 g/mol. The summed E-state index contributed by atoms with van der Waals surface area (Å²) in [5.41, 5.74) is 0. The van der Waals surface area contributed by atoms with Gasteiger partial charge in [-0.1, -0.05) is 166 Å². The Bertz CT molecular complexity index is 1030. The number of esters is 2. The van der Waals surface area contributed by atoms with Gasteiger partial charge in [0, 0.05) is 19.3 Å². The predicted molar refractivity (Wildman–Crippen MR) is 236 cm³/mol. The van der Waals surface area contributed by atoms with Crippen LogP contribution in [0.4, 0.5) is 0 Å². The van der Waals surface area contributed by atoms with Gasteiger partial charge in [-0.2, -0.15) is 0 Å². The zero-order valence-electron chi connectivity index (χ0n) is 37.8. The number of allylic oxidation sites excluding steroid dienone is 6. The van der Waals surface area contributed by atoms with Crippen molar-refractivity contribution in [3.8, 4) is 0 Å². The summed E-state index contributed by atoms with van der Waals surface area (Å²) in [6, 6.07) is -0.730. The van der Waals surface area contributed by atoms with Crippen LogP contribution in [0.1, 0.15) is 206 Å². The molecule has 57 heavy (non-hydrogen) atoms. The zero-order valence-corrected chi connectivity index (χ0v) is 37.8.